The van der Waals surface area contributed by atoms with E-state index in [0.717, 1.165) is 10.6 Å². The molecule has 1 heterocycles. The molecular formula is C16H20N4O2S. The number of nitrogens with two attached hydrogens (primary N) is 1. The molecular weight excluding hydrogens is 312 g/mol. The summed E-state index contributed by atoms with van der Waals surface area (Å²) in [6, 6.07) is 6.89. The number of carbonyl (C=O) groups excluding carboxylic acids is 2. The molecule has 23 heavy (non-hydrogen) atoms. The zero-order chi connectivity index (χ0) is 16.8. The standard InChI is InChI=1S/C16H20N4O2S/c1-10-11(2)23-16(18-10)20-15(22)12-6-3-4-7-13(12)19-14(21)8-5-9-17/h3-4,6-7H,5,8-9,17H2,1-2H3,(H,19,21)(H,18,20,22). The van der Waals surface area contributed by atoms with Crippen molar-refractivity contribution in [1.82, 2.24) is 4.98 Å². The number of para-hydroxylation sites is 1. The van der Waals surface area contributed by atoms with Gasteiger partial charge in [-0.25, -0.2) is 4.98 Å². The Kier molecular flexibility index (Phi) is 5.84. The number of hydrogen-bond donors (Lipinski definition) is 3. The average molecular weight is 332 g/mol. The molecule has 0 bridgehead atoms. The van der Waals surface area contributed by atoms with E-state index in [-0.39, 0.29) is 11.8 Å². The normalized spacial score (nSPS) is 10.4. The Morgan fingerprint density at radius 3 is 2.61 bits per heavy atom. The van der Waals surface area contributed by atoms with Crippen LogP contribution in [0.2, 0.25) is 0 Å². The van der Waals surface area contributed by atoms with E-state index in [1.165, 1.54) is 11.3 Å². The second-order valence-electron chi connectivity index (χ2n) is 5.10. The highest BCUT2D eigenvalue weighted by molar-refractivity contribution is 7.15. The number of carbonyl (C=O) groups is 2. The third-order valence-corrected chi connectivity index (χ3v) is 4.29. The van der Waals surface area contributed by atoms with Gasteiger partial charge in [-0.1, -0.05) is 12.1 Å². The SMILES string of the molecule is Cc1nc(NC(=O)c2ccccc2NC(=O)CCCN)sc1C. The topological polar surface area (TPSA) is 97.1 Å². The lowest BCUT2D eigenvalue weighted by Crippen LogP contribution is -2.18. The summed E-state index contributed by atoms with van der Waals surface area (Å²) < 4.78 is 0. The second-order valence-corrected chi connectivity index (χ2v) is 6.30. The third-order valence-electron chi connectivity index (χ3n) is 3.30. The Balaban J connectivity index is 2.12. The monoisotopic (exact) mass is 332 g/mol. The maximum atomic E-state index is 12.4. The van der Waals surface area contributed by atoms with Gasteiger partial charge in [-0.15, -0.1) is 11.3 Å². The maximum absolute atomic E-state index is 12.4. The fraction of sp³-hybridized carbons (Fsp3) is 0.312. The fourth-order valence-corrected chi connectivity index (χ4v) is 2.77. The molecule has 6 nitrogen and oxygen atoms in total. The Morgan fingerprint density at radius 2 is 1.96 bits per heavy atom. The van der Waals surface area contributed by atoms with Gasteiger partial charge < -0.3 is 11.1 Å². The first kappa shape index (κ1) is 17.1. The van der Waals surface area contributed by atoms with Gasteiger partial charge >= 0.3 is 0 Å². The average Bonchev–Trinajstić information content (AvgIpc) is 2.83. The Hall–Kier alpha value is -2.25. The smallest absolute Gasteiger partial charge is 0.259 e. The molecule has 2 aromatic rings. The maximum Gasteiger partial charge on any atom is 0.259 e. The van der Waals surface area contributed by atoms with Crippen LogP contribution in [0, 0.1) is 13.8 Å². The van der Waals surface area contributed by atoms with Crippen molar-refractivity contribution in [2.75, 3.05) is 17.2 Å². The highest BCUT2D eigenvalue weighted by Gasteiger charge is 2.15. The van der Waals surface area contributed by atoms with E-state index >= 15 is 0 Å². The molecule has 0 atom stereocenters. The van der Waals surface area contributed by atoms with Crippen molar-refractivity contribution in [2.45, 2.75) is 26.7 Å². The summed E-state index contributed by atoms with van der Waals surface area (Å²) in [7, 11) is 0. The molecule has 0 spiro atoms. The first-order valence-corrected chi connectivity index (χ1v) is 8.17. The van der Waals surface area contributed by atoms with Crippen LogP contribution in [0.15, 0.2) is 24.3 Å². The molecule has 2 rings (SSSR count). The number of benzene rings is 1. The lowest BCUT2D eigenvalue weighted by Gasteiger charge is -2.10. The van der Waals surface area contributed by atoms with Crippen LogP contribution in [0.1, 0.15) is 33.8 Å². The summed E-state index contributed by atoms with van der Waals surface area (Å²) in [5, 5.41) is 6.08. The van der Waals surface area contributed by atoms with Crippen LogP contribution in [-0.2, 0) is 4.79 Å². The Labute approximate surface area is 139 Å². The molecule has 2 amide bonds. The lowest BCUT2D eigenvalue weighted by atomic mass is 10.1. The van der Waals surface area contributed by atoms with Gasteiger partial charge in [0.05, 0.1) is 16.9 Å². The fourth-order valence-electron chi connectivity index (χ4n) is 1.96. The van der Waals surface area contributed by atoms with Crippen LogP contribution in [0.4, 0.5) is 10.8 Å². The van der Waals surface area contributed by atoms with Crippen molar-refractivity contribution in [1.29, 1.82) is 0 Å². The first-order valence-electron chi connectivity index (χ1n) is 7.35. The molecule has 0 aliphatic heterocycles. The molecule has 4 N–H and O–H groups in total. The molecule has 0 saturated carbocycles. The van der Waals surface area contributed by atoms with Crippen LogP contribution in [-0.4, -0.2) is 23.3 Å². The highest BCUT2D eigenvalue weighted by Crippen LogP contribution is 2.23. The van der Waals surface area contributed by atoms with E-state index in [1.807, 2.05) is 13.8 Å². The number of hydrogen-bond acceptors (Lipinski definition) is 5. The largest absolute Gasteiger partial charge is 0.330 e. The van der Waals surface area contributed by atoms with E-state index in [4.69, 9.17) is 5.73 Å². The van der Waals surface area contributed by atoms with Gasteiger partial charge in [-0.3, -0.25) is 14.9 Å². The van der Waals surface area contributed by atoms with Crippen LogP contribution < -0.4 is 16.4 Å². The van der Waals surface area contributed by atoms with Gasteiger partial charge in [0.15, 0.2) is 5.13 Å². The Bertz CT molecular complexity index is 692. The van der Waals surface area contributed by atoms with E-state index in [0.29, 0.717) is 35.8 Å². The van der Waals surface area contributed by atoms with Crippen molar-refractivity contribution in [2.24, 2.45) is 5.73 Å². The van der Waals surface area contributed by atoms with Crippen LogP contribution in [0.5, 0.6) is 0 Å². The molecule has 0 aliphatic rings. The van der Waals surface area contributed by atoms with Crippen LogP contribution in [0.25, 0.3) is 0 Å². The molecule has 0 aliphatic carbocycles. The van der Waals surface area contributed by atoms with Crippen LogP contribution in [0.3, 0.4) is 0 Å². The van der Waals surface area contributed by atoms with E-state index in [1.54, 1.807) is 24.3 Å². The van der Waals surface area contributed by atoms with Crippen molar-refractivity contribution in [3.63, 3.8) is 0 Å². The van der Waals surface area contributed by atoms with Crippen LogP contribution >= 0.6 is 11.3 Å². The summed E-state index contributed by atoms with van der Waals surface area (Å²) in [4.78, 5) is 29.6. The lowest BCUT2D eigenvalue weighted by molar-refractivity contribution is -0.116. The van der Waals surface area contributed by atoms with Gasteiger partial charge in [0.25, 0.3) is 5.91 Å². The summed E-state index contributed by atoms with van der Waals surface area (Å²) in [6.07, 6.45) is 0.940. The minimum atomic E-state index is -0.298. The minimum Gasteiger partial charge on any atom is -0.330 e. The molecule has 1 aromatic carbocycles. The predicted molar refractivity (Wildman–Crippen MR) is 92.9 cm³/mol. The number of amides is 2. The van der Waals surface area contributed by atoms with Gasteiger partial charge in [0, 0.05) is 11.3 Å². The highest BCUT2D eigenvalue weighted by atomic mass is 32.1. The number of rotatable bonds is 6. The quantitative estimate of drug-likeness (QED) is 0.757. The zero-order valence-corrected chi connectivity index (χ0v) is 14.0. The van der Waals surface area contributed by atoms with Crippen molar-refractivity contribution < 1.29 is 9.59 Å². The summed E-state index contributed by atoms with van der Waals surface area (Å²) in [6.45, 7) is 4.31. The number of thiazole rings is 1. The molecule has 0 radical (unpaired) electrons. The van der Waals surface area contributed by atoms with E-state index in [2.05, 4.69) is 15.6 Å². The van der Waals surface area contributed by atoms with Crippen molar-refractivity contribution >= 4 is 34.0 Å². The number of nitrogens with one attached hydrogen (secondary N) is 2. The summed E-state index contributed by atoms with van der Waals surface area (Å²) in [5.74, 6) is -0.454. The van der Waals surface area contributed by atoms with E-state index in [9.17, 15) is 9.59 Å². The number of anilines is 2. The van der Waals surface area contributed by atoms with Crippen molar-refractivity contribution in [3.05, 3.63) is 40.4 Å². The number of aromatic nitrogens is 1. The van der Waals surface area contributed by atoms with E-state index < -0.39 is 0 Å². The zero-order valence-electron chi connectivity index (χ0n) is 13.2. The molecule has 122 valence electrons. The summed E-state index contributed by atoms with van der Waals surface area (Å²) in [5.41, 5.74) is 7.18. The minimum absolute atomic E-state index is 0.156. The van der Waals surface area contributed by atoms with Gasteiger partial charge in [-0.05, 0) is 38.9 Å². The number of nitrogens with zero attached hydrogens (tertiary/aromatic N) is 1. The summed E-state index contributed by atoms with van der Waals surface area (Å²) >= 11 is 1.42. The second kappa shape index (κ2) is 7.85. The molecule has 0 fully saturated rings. The number of aryl methyl sites for hydroxylation is 2. The predicted octanol–water partition coefficient (Wildman–Crippen LogP) is 2.69. The third kappa shape index (κ3) is 4.61. The van der Waals surface area contributed by atoms with Crippen molar-refractivity contribution in [3.8, 4) is 0 Å². The first-order chi connectivity index (χ1) is 11.0. The molecule has 7 heteroatoms. The van der Waals surface area contributed by atoms with Gasteiger partial charge in [0.2, 0.25) is 5.91 Å². The molecule has 0 saturated heterocycles. The Morgan fingerprint density at radius 1 is 1.22 bits per heavy atom. The van der Waals surface area contributed by atoms with Gasteiger partial charge in [0.1, 0.15) is 0 Å². The molecule has 0 unspecified atom stereocenters. The van der Waals surface area contributed by atoms with Gasteiger partial charge in [-0.2, -0.15) is 0 Å². The molecule has 1 aromatic heterocycles.